The van der Waals surface area contributed by atoms with Crippen LogP contribution in [0.5, 0.6) is 0 Å². The zero-order valence-electron chi connectivity index (χ0n) is 18.7. The van der Waals surface area contributed by atoms with E-state index in [0.717, 1.165) is 12.0 Å². The molecule has 158 valence electrons. The number of esters is 1. The van der Waals surface area contributed by atoms with Crippen molar-refractivity contribution in [3.8, 4) is 11.1 Å². The molecule has 0 aromatic heterocycles. The van der Waals surface area contributed by atoms with E-state index in [0.29, 0.717) is 0 Å². The van der Waals surface area contributed by atoms with Crippen molar-refractivity contribution in [1.82, 2.24) is 0 Å². The Balaban J connectivity index is 1.87. The Bertz CT molecular complexity index is 715. The molecule has 0 saturated heterocycles. The van der Waals surface area contributed by atoms with Gasteiger partial charge in [-0.3, -0.25) is 4.79 Å². The summed E-state index contributed by atoms with van der Waals surface area (Å²) in [7, 11) is 0. The van der Waals surface area contributed by atoms with E-state index in [2.05, 4.69) is 55.5 Å². The van der Waals surface area contributed by atoms with Crippen LogP contribution in [0.25, 0.3) is 11.1 Å². The van der Waals surface area contributed by atoms with Crippen LogP contribution in [-0.2, 0) is 16.0 Å². The lowest BCUT2D eigenvalue weighted by Crippen LogP contribution is -2.16. The SMILES string of the molecule is CCCCCCCCc1ccc(-c2ccc(C(C)OC(=O)C(C)CC)cc2)cc1. The second-order valence-electron chi connectivity index (χ2n) is 8.23. The number of hydrogen-bond donors (Lipinski definition) is 0. The van der Waals surface area contributed by atoms with Gasteiger partial charge in [-0.15, -0.1) is 0 Å². The first-order valence-corrected chi connectivity index (χ1v) is 11.4. The fourth-order valence-corrected chi connectivity index (χ4v) is 3.44. The van der Waals surface area contributed by atoms with Crippen molar-refractivity contribution in [1.29, 1.82) is 0 Å². The van der Waals surface area contributed by atoms with Crippen molar-refractivity contribution >= 4 is 5.97 Å². The average Bonchev–Trinajstić information content (AvgIpc) is 2.76. The topological polar surface area (TPSA) is 26.3 Å². The maximum absolute atomic E-state index is 12.0. The van der Waals surface area contributed by atoms with E-state index in [1.54, 1.807) is 0 Å². The maximum Gasteiger partial charge on any atom is 0.309 e. The normalized spacial score (nSPS) is 13.1. The number of carbonyl (C=O) groups excluding carboxylic acids is 1. The molecule has 0 bridgehead atoms. The van der Waals surface area contributed by atoms with Gasteiger partial charge in [-0.05, 0) is 48.4 Å². The van der Waals surface area contributed by atoms with E-state index < -0.39 is 0 Å². The smallest absolute Gasteiger partial charge is 0.309 e. The van der Waals surface area contributed by atoms with Gasteiger partial charge in [-0.25, -0.2) is 0 Å². The van der Waals surface area contributed by atoms with Crippen LogP contribution in [0, 0.1) is 5.92 Å². The first-order valence-electron chi connectivity index (χ1n) is 11.4. The number of unbranched alkanes of at least 4 members (excludes halogenated alkanes) is 5. The Morgan fingerprint density at radius 3 is 1.93 bits per heavy atom. The number of hydrogen-bond acceptors (Lipinski definition) is 2. The maximum atomic E-state index is 12.0. The van der Waals surface area contributed by atoms with Crippen molar-refractivity contribution in [3.05, 3.63) is 59.7 Å². The third kappa shape index (κ3) is 7.68. The van der Waals surface area contributed by atoms with Gasteiger partial charge in [0.2, 0.25) is 0 Å². The van der Waals surface area contributed by atoms with E-state index in [4.69, 9.17) is 4.74 Å². The summed E-state index contributed by atoms with van der Waals surface area (Å²) in [6.45, 7) is 8.11. The predicted molar refractivity (Wildman–Crippen MR) is 123 cm³/mol. The summed E-state index contributed by atoms with van der Waals surface area (Å²) in [6, 6.07) is 17.3. The van der Waals surface area contributed by atoms with Crippen molar-refractivity contribution < 1.29 is 9.53 Å². The summed E-state index contributed by atoms with van der Waals surface area (Å²) in [6.07, 6.45) is 9.80. The molecule has 2 rings (SSSR count). The number of benzene rings is 2. The monoisotopic (exact) mass is 394 g/mol. The second kappa shape index (κ2) is 12.5. The van der Waals surface area contributed by atoms with Gasteiger partial charge in [0.1, 0.15) is 6.10 Å². The number of rotatable bonds is 12. The van der Waals surface area contributed by atoms with Crippen LogP contribution >= 0.6 is 0 Å². The molecule has 0 spiro atoms. The molecular weight excluding hydrogens is 356 g/mol. The first-order chi connectivity index (χ1) is 14.0. The number of carbonyl (C=O) groups is 1. The van der Waals surface area contributed by atoms with Crippen LogP contribution in [0.4, 0.5) is 0 Å². The van der Waals surface area contributed by atoms with Gasteiger partial charge in [0, 0.05) is 0 Å². The molecule has 0 radical (unpaired) electrons. The van der Waals surface area contributed by atoms with Crippen molar-refractivity contribution in [2.45, 2.75) is 85.2 Å². The van der Waals surface area contributed by atoms with Crippen LogP contribution in [-0.4, -0.2) is 5.97 Å². The highest BCUT2D eigenvalue weighted by molar-refractivity contribution is 5.72. The fraction of sp³-hybridized carbons (Fsp3) is 0.519. The van der Waals surface area contributed by atoms with Crippen molar-refractivity contribution in [3.63, 3.8) is 0 Å². The second-order valence-corrected chi connectivity index (χ2v) is 8.23. The Morgan fingerprint density at radius 1 is 0.793 bits per heavy atom. The summed E-state index contributed by atoms with van der Waals surface area (Å²) >= 11 is 0. The molecule has 2 aromatic carbocycles. The molecule has 2 atom stereocenters. The standard InChI is InChI=1S/C27H38O2/c1-5-7-8-9-10-11-12-23-13-15-25(16-14-23)26-19-17-24(18-20-26)22(4)29-27(28)21(3)6-2/h13-22H,5-12H2,1-4H3. The van der Waals surface area contributed by atoms with E-state index in [9.17, 15) is 4.79 Å². The molecule has 0 N–H and O–H groups in total. The summed E-state index contributed by atoms with van der Waals surface area (Å²) in [5.74, 6) is -0.170. The lowest BCUT2D eigenvalue weighted by atomic mass is 9.99. The fourth-order valence-electron chi connectivity index (χ4n) is 3.44. The lowest BCUT2D eigenvalue weighted by Gasteiger charge is -2.16. The Labute approximate surface area is 177 Å². The molecule has 2 aromatic rings. The Kier molecular flexibility index (Phi) is 9.97. The molecule has 2 heteroatoms. The summed E-state index contributed by atoms with van der Waals surface area (Å²) in [4.78, 5) is 12.0. The summed E-state index contributed by atoms with van der Waals surface area (Å²) in [5.41, 5.74) is 4.88. The molecule has 0 fully saturated rings. The molecular formula is C27H38O2. The molecule has 29 heavy (non-hydrogen) atoms. The minimum Gasteiger partial charge on any atom is -0.458 e. The number of aryl methyl sites for hydroxylation is 1. The molecule has 0 aliphatic rings. The van der Waals surface area contributed by atoms with Gasteiger partial charge in [-0.1, -0.05) is 101 Å². The van der Waals surface area contributed by atoms with E-state index >= 15 is 0 Å². The predicted octanol–water partition coefficient (Wildman–Crippen LogP) is 7.91. The van der Waals surface area contributed by atoms with E-state index in [-0.39, 0.29) is 18.0 Å². The molecule has 0 aliphatic carbocycles. The van der Waals surface area contributed by atoms with Crippen LogP contribution in [0.3, 0.4) is 0 Å². The Hall–Kier alpha value is -2.09. The molecule has 2 nitrogen and oxygen atoms in total. The third-order valence-electron chi connectivity index (χ3n) is 5.79. The highest BCUT2D eigenvalue weighted by Gasteiger charge is 2.16. The van der Waals surface area contributed by atoms with Gasteiger partial charge in [0.15, 0.2) is 0 Å². The van der Waals surface area contributed by atoms with Crippen molar-refractivity contribution in [2.75, 3.05) is 0 Å². The van der Waals surface area contributed by atoms with E-state index in [1.165, 1.54) is 61.6 Å². The van der Waals surface area contributed by atoms with Crippen LogP contribution < -0.4 is 0 Å². The van der Waals surface area contributed by atoms with Crippen LogP contribution in [0.2, 0.25) is 0 Å². The zero-order chi connectivity index (χ0) is 21.1. The number of ether oxygens (including phenoxy) is 1. The molecule has 0 saturated carbocycles. The summed E-state index contributed by atoms with van der Waals surface area (Å²) < 4.78 is 5.58. The van der Waals surface area contributed by atoms with Gasteiger partial charge in [0.25, 0.3) is 0 Å². The quantitative estimate of drug-likeness (QED) is 0.270. The average molecular weight is 395 g/mol. The van der Waals surface area contributed by atoms with Gasteiger partial charge < -0.3 is 4.74 Å². The lowest BCUT2D eigenvalue weighted by molar-refractivity contribution is -0.153. The van der Waals surface area contributed by atoms with Gasteiger partial charge in [0.05, 0.1) is 5.92 Å². The Morgan fingerprint density at radius 2 is 1.34 bits per heavy atom. The minimum atomic E-state index is -0.217. The largest absolute Gasteiger partial charge is 0.458 e. The van der Waals surface area contributed by atoms with Gasteiger partial charge >= 0.3 is 5.97 Å². The highest BCUT2D eigenvalue weighted by atomic mass is 16.5. The van der Waals surface area contributed by atoms with E-state index in [1.807, 2.05) is 20.8 Å². The summed E-state index contributed by atoms with van der Waals surface area (Å²) in [5, 5.41) is 0. The van der Waals surface area contributed by atoms with Crippen molar-refractivity contribution in [2.24, 2.45) is 5.92 Å². The molecule has 0 heterocycles. The molecule has 0 amide bonds. The molecule has 2 unspecified atom stereocenters. The third-order valence-corrected chi connectivity index (χ3v) is 5.79. The highest BCUT2D eigenvalue weighted by Crippen LogP contribution is 2.25. The zero-order valence-corrected chi connectivity index (χ0v) is 18.7. The van der Waals surface area contributed by atoms with Crippen LogP contribution in [0.1, 0.15) is 89.9 Å². The minimum absolute atomic E-state index is 0.0495. The first kappa shape index (κ1) is 23.2. The van der Waals surface area contributed by atoms with Gasteiger partial charge in [-0.2, -0.15) is 0 Å². The van der Waals surface area contributed by atoms with Crippen LogP contribution in [0.15, 0.2) is 48.5 Å². The molecule has 0 aliphatic heterocycles.